The zero-order valence-corrected chi connectivity index (χ0v) is 15.2. The lowest BCUT2D eigenvalue weighted by Gasteiger charge is -2.23. The SMILES string of the molecule is CCOC(=O)C(C)c1c(C)nn(CC(C)(C)S(C)(=O)=O)c1C. The first kappa shape index (κ1) is 18.7. The minimum Gasteiger partial charge on any atom is -0.466 e. The van der Waals surface area contributed by atoms with Crippen LogP contribution in [0.15, 0.2) is 0 Å². The van der Waals surface area contributed by atoms with Crippen LogP contribution in [0.2, 0.25) is 0 Å². The lowest BCUT2D eigenvalue weighted by atomic mass is 9.99. The predicted octanol–water partition coefficient (Wildman–Crippen LogP) is 1.99. The minimum atomic E-state index is -3.22. The molecule has 0 aliphatic heterocycles. The second kappa shape index (κ2) is 6.40. The molecule has 0 radical (unpaired) electrons. The number of aromatic nitrogens is 2. The Morgan fingerprint density at radius 2 is 1.91 bits per heavy atom. The Hall–Kier alpha value is -1.37. The fourth-order valence-electron chi connectivity index (χ4n) is 2.35. The summed E-state index contributed by atoms with van der Waals surface area (Å²) >= 11 is 0. The van der Waals surface area contributed by atoms with Crippen LogP contribution in [0.4, 0.5) is 0 Å². The third-order valence-electron chi connectivity index (χ3n) is 4.04. The normalized spacial score (nSPS) is 14.0. The standard InChI is InChI=1S/C15H26N2O4S/c1-8-21-14(18)10(2)13-11(3)16-17(12(13)4)9-15(5,6)22(7,19)20/h10H,8-9H2,1-7H3. The molecule has 0 fully saturated rings. The summed E-state index contributed by atoms with van der Waals surface area (Å²) in [4.78, 5) is 11.9. The molecular weight excluding hydrogens is 304 g/mol. The van der Waals surface area contributed by atoms with Crippen LogP contribution in [0.25, 0.3) is 0 Å². The van der Waals surface area contributed by atoms with Gasteiger partial charge in [0.1, 0.15) is 0 Å². The number of ether oxygens (including phenoxy) is 1. The molecular formula is C15H26N2O4S. The summed E-state index contributed by atoms with van der Waals surface area (Å²) in [6, 6.07) is 0. The van der Waals surface area contributed by atoms with E-state index >= 15 is 0 Å². The minimum absolute atomic E-state index is 0.244. The van der Waals surface area contributed by atoms with E-state index < -0.39 is 20.5 Å². The Morgan fingerprint density at radius 3 is 2.36 bits per heavy atom. The van der Waals surface area contributed by atoms with Gasteiger partial charge in [-0.3, -0.25) is 9.48 Å². The van der Waals surface area contributed by atoms with Crippen LogP contribution >= 0.6 is 0 Å². The molecule has 6 nitrogen and oxygen atoms in total. The molecule has 0 saturated heterocycles. The van der Waals surface area contributed by atoms with E-state index in [0.717, 1.165) is 17.0 Å². The van der Waals surface area contributed by atoms with E-state index in [0.29, 0.717) is 6.61 Å². The van der Waals surface area contributed by atoms with E-state index in [4.69, 9.17) is 4.74 Å². The van der Waals surface area contributed by atoms with Crippen molar-refractivity contribution in [3.8, 4) is 0 Å². The van der Waals surface area contributed by atoms with Gasteiger partial charge in [0, 0.05) is 17.5 Å². The van der Waals surface area contributed by atoms with Crippen molar-refractivity contribution in [1.29, 1.82) is 0 Å². The van der Waals surface area contributed by atoms with Gasteiger partial charge in [0.25, 0.3) is 0 Å². The topological polar surface area (TPSA) is 78.3 Å². The van der Waals surface area contributed by atoms with Gasteiger partial charge in [0.05, 0.1) is 29.5 Å². The molecule has 0 N–H and O–H groups in total. The van der Waals surface area contributed by atoms with Crippen molar-refractivity contribution in [2.24, 2.45) is 0 Å². The molecule has 1 aromatic heterocycles. The van der Waals surface area contributed by atoms with E-state index in [1.807, 2.05) is 13.8 Å². The zero-order chi connectivity index (χ0) is 17.3. The Labute approximate surface area is 132 Å². The highest BCUT2D eigenvalue weighted by Crippen LogP contribution is 2.27. The molecule has 0 aliphatic rings. The lowest BCUT2D eigenvalue weighted by Crippen LogP contribution is -2.36. The maximum atomic E-state index is 11.9. The summed E-state index contributed by atoms with van der Waals surface area (Å²) in [7, 11) is -3.22. The number of carbonyl (C=O) groups excluding carboxylic acids is 1. The molecule has 1 heterocycles. The first-order valence-electron chi connectivity index (χ1n) is 7.32. The number of aryl methyl sites for hydroxylation is 1. The average Bonchev–Trinajstić information content (AvgIpc) is 2.62. The molecule has 0 aliphatic carbocycles. The highest BCUT2D eigenvalue weighted by Gasteiger charge is 2.33. The van der Waals surface area contributed by atoms with Crippen molar-refractivity contribution in [1.82, 2.24) is 9.78 Å². The van der Waals surface area contributed by atoms with Gasteiger partial charge in [0.2, 0.25) is 0 Å². The van der Waals surface area contributed by atoms with Crippen molar-refractivity contribution in [3.63, 3.8) is 0 Å². The van der Waals surface area contributed by atoms with E-state index in [2.05, 4.69) is 5.10 Å². The van der Waals surface area contributed by atoms with Crippen molar-refractivity contribution in [3.05, 3.63) is 17.0 Å². The largest absolute Gasteiger partial charge is 0.466 e. The number of hydrogen-bond donors (Lipinski definition) is 0. The van der Waals surface area contributed by atoms with Gasteiger partial charge in [-0.1, -0.05) is 0 Å². The van der Waals surface area contributed by atoms with Gasteiger partial charge in [-0.05, 0) is 41.5 Å². The smallest absolute Gasteiger partial charge is 0.313 e. The van der Waals surface area contributed by atoms with Gasteiger partial charge in [-0.2, -0.15) is 5.10 Å². The van der Waals surface area contributed by atoms with Crippen molar-refractivity contribution in [2.75, 3.05) is 12.9 Å². The van der Waals surface area contributed by atoms with Gasteiger partial charge >= 0.3 is 5.97 Å². The maximum Gasteiger partial charge on any atom is 0.313 e. The Morgan fingerprint density at radius 1 is 1.36 bits per heavy atom. The molecule has 1 atom stereocenters. The average molecular weight is 330 g/mol. The second-order valence-electron chi connectivity index (χ2n) is 6.25. The molecule has 0 saturated carbocycles. The predicted molar refractivity (Wildman–Crippen MR) is 85.7 cm³/mol. The first-order chi connectivity index (χ1) is 9.92. The number of esters is 1. The molecule has 7 heteroatoms. The Balaban J connectivity index is 3.19. The molecule has 1 aromatic rings. The van der Waals surface area contributed by atoms with Crippen LogP contribution in [0.3, 0.4) is 0 Å². The second-order valence-corrected chi connectivity index (χ2v) is 8.90. The summed E-state index contributed by atoms with van der Waals surface area (Å²) in [6.07, 6.45) is 1.22. The van der Waals surface area contributed by atoms with Gasteiger partial charge < -0.3 is 4.74 Å². The molecule has 1 rings (SSSR count). The summed E-state index contributed by atoms with van der Waals surface area (Å²) in [5, 5.41) is 4.42. The zero-order valence-electron chi connectivity index (χ0n) is 14.4. The number of hydrogen-bond acceptors (Lipinski definition) is 5. The van der Waals surface area contributed by atoms with E-state index in [1.54, 1.807) is 32.4 Å². The quantitative estimate of drug-likeness (QED) is 0.745. The summed E-state index contributed by atoms with van der Waals surface area (Å²) < 4.78 is 29.5. The van der Waals surface area contributed by atoms with Crippen LogP contribution in [0, 0.1) is 13.8 Å². The van der Waals surface area contributed by atoms with Crippen LogP contribution < -0.4 is 0 Å². The highest BCUT2D eigenvalue weighted by atomic mass is 32.2. The molecule has 0 aromatic carbocycles. The van der Waals surface area contributed by atoms with Gasteiger partial charge in [-0.25, -0.2) is 8.42 Å². The van der Waals surface area contributed by atoms with Crippen LogP contribution in [0.1, 0.15) is 50.6 Å². The number of rotatable bonds is 6. The lowest BCUT2D eigenvalue weighted by molar-refractivity contribution is -0.144. The molecule has 1 unspecified atom stereocenters. The number of nitrogens with zero attached hydrogens (tertiary/aromatic N) is 2. The van der Waals surface area contributed by atoms with Crippen LogP contribution in [-0.4, -0.2) is 41.8 Å². The monoisotopic (exact) mass is 330 g/mol. The number of sulfone groups is 1. The molecule has 0 bridgehead atoms. The molecule has 0 spiro atoms. The third kappa shape index (κ3) is 3.69. The Kier molecular flexibility index (Phi) is 5.43. The fraction of sp³-hybridized carbons (Fsp3) is 0.733. The van der Waals surface area contributed by atoms with Crippen LogP contribution in [0.5, 0.6) is 0 Å². The summed E-state index contributed by atoms with van der Waals surface area (Å²) in [6.45, 7) is 11.1. The van der Waals surface area contributed by atoms with Crippen LogP contribution in [-0.2, 0) is 25.9 Å². The molecule has 22 heavy (non-hydrogen) atoms. The highest BCUT2D eigenvalue weighted by molar-refractivity contribution is 7.92. The van der Waals surface area contributed by atoms with E-state index in [-0.39, 0.29) is 12.5 Å². The van der Waals surface area contributed by atoms with Crippen molar-refractivity contribution in [2.45, 2.75) is 58.8 Å². The van der Waals surface area contributed by atoms with Crippen molar-refractivity contribution >= 4 is 15.8 Å². The molecule has 0 amide bonds. The van der Waals surface area contributed by atoms with Gasteiger partial charge in [0.15, 0.2) is 9.84 Å². The third-order valence-corrected chi connectivity index (χ3v) is 6.18. The Bertz CT molecular complexity index is 659. The maximum absolute atomic E-state index is 11.9. The first-order valence-corrected chi connectivity index (χ1v) is 9.21. The van der Waals surface area contributed by atoms with E-state index in [9.17, 15) is 13.2 Å². The summed E-state index contributed by atoms with van der Waals surface area (Å²) in [5.74, 6) is -0.717. The molecule has 126 valence electrons. The summed E-state index contributed by atoms with van der Waals surface area (Å²) in [5.41, 5.74) is 2.33. The van der Waals surface area contributed by atoms with E-state index in [1.165, 1.54) is 6.26 Å². The van der Waals surface area contributed by atoms with Gasteiger partial charge in [-0.15, -0.1) is 0 Å². The fourth-order valence-corrected chi connectivity index (χ4v) is 2.71. The number of carbonyl (C=O) groups is 1. The van der Waals surface area contributed by atoms with Crippen molar-refractivity contribution < 1.29 is 17.9 Å².